The summed E-state index contributed by atoms with van der Waals surface area (Å²) in [6.07, 6.45) is 56.0. The number of hydrogen-bond donors (Lipinski definition) is 0. The Balaban J connectivity index is 4.25. The maximum atomic E-state index is 12.8. The molecule has 60 heavy (non-hydrogen) atoms. The Bertz CT molecular complexity index is 973. The van der Waals surface area contributed by atoms with Gasteiger partial charge in [0.2, 0.25) is 0 Å². The third-order valence-corrected chi connectivity index (χ3v) is 11.7. The lowest BCUT2D eigenvalue weighted by molar-refractivity contribution is -0.167. The van der Waals surface area contributed by atoms with Crippen LogP contribution in [0.3, 0.4) is 0 Å². The molecular weight excluding hydrogens is 745 g/mol. The molecule has 352 valence electrons. The minimum Gasteiger partial charge on any atom is -0.462 e. The number of ether oxygens (including phenoxy) is 3. The Kier molecular flexibility index (Phi) is 47.8. The van der Waals surface area contributed by atoms with Gasteiger partial charge in [0.1, 0.15) is 13.2 Å². The highest BCUT2D eigenvalue weighted by Crippen LogP contribution is 2.16. The van der Waals surface area contributed by atoms with Crippen molar-refractivity contribution in [2.45, 2.75) is 290 Å². The van der Waals surface area contributed by atoms with Gasteiger partial charge in [-0.1, -0.05) is 244 Å². The van der Waals surface area contributed by atoms with E-state index in [-0.39, 0.29) is 31.1 Å². The summed E-state index contributed by atoms with van der Waals surface area (Å²) in [5.74, 6) is -0.875. The fourth-order valence-corrected chi connectivity index (χ4v) is 7.70. The largest absolute Gasteiger partial charge is 0.462 e. The van der Waals surface area contributed by atoms with E-state index in [2.05, 4.69) is 45.1 Å². The molecular formula is C54H100O6. The fourth-order valence-electron chi connectivity index (χ4n) is 7.70. The number of hydrogen-bond acceptors (Lipinski definition) is 6. The predicted molar refractivity (Wildman–Crippen MR) is 256 cm³/mol. The molecule has 6 nitrogen and oxygen atoms in total. The third-order valence-electron chi connectivity index (χ3n) is 11.7. The van der Waals surface area contributed by atoms with Gasteiger partial charge in [0.15, 0.2) is 6.10 Å². The highest BCUT2D eigenvalue weighted by atomic mass is 16.6. The number of rotatable bonds is 48. The SMILES string of the molecule is CCCC/C=C\C/C=C\CCCCCCCC(=O)O[C@H](COC(=O)CCCCCCCCCCC)COC(=O)CCCCCCCCCCCCCCCCCCCCC. The van der Waals surface area contributed by atoms with Crippen LogP contribution in [0.5, 0.6) is 0 Å². The first-order chi connectivity index (χ1) is 29.5. The quantitative estimate of drug-likeness (QED) is 0.0263. The Morgan fingerprint density at radius 3 is 0.967 bits per heavy atom. The lowest BCUT2D eigenvalue weighted by atomic mass is 10.0. The second kappa shape index (κ2) is 49.5. The number of unbranched alkanes of at least 4 members (excludes halogenated alkanes) is 33. The summed E-state index contributed by atoms with van der Waals surface area (Å²) in [6.45, 7) is 6.60. The Hall–Kier alpha value is -2.11. The Morgan fingerprint density at radius 2 is 0.617 bits per heavy atom. The lowest BCUT2D eigenvalue weighted by Crippen LogP contribution is -2.30. The topological polar surface area (TPSA) is 78.9 Å². The van der Waals surface area contributed by atoms with E-state index < -0.39 is 6.10 Å². The van der Waals surface area contributed by atoms with Crippen LogP contribution in [0.2, 0.25) is 0 Å². The van der Waals surface area contributed by atoms with Crippen LogP contribution in [0.1, 0.15) is 284 Å². The van der Waals surface area contributed by atoms with E-state index in [4.69, 9.17) is 14.2 Å². The van der Waals surface area contributed by atoms with Crippen LogP contribution in [0.15, 0.2) is 24.3 Å². The number of esters is 3. The van der Waals surface area contributed by atoms with Crippen molar-refractivity contribution in [2.75, 3.05) is 13.2 Å². The summed E-state index contributed by atoms with van der Waals surface area (Å²) in [5.41, 5.74) is 0. The molecule has 0 unspecified atom stereocenters. The molecule has 0 aromatic carbocycles. The summed E-state index contributed by atoms with van der Waals surface area (Å²) in [4.78, 5) is 37.9. The average Bonchev–Trinajstić information content (AvgIpc) is 3.24. The van der Waals surface area contributed by atoms with Gasteiger partial charge in [-0.25, -0.2) is 0 Å². The molecule has 0 N–H and O–H groups in total. The first-order valence-corrected chi connectivity index (χ1v) is 26.3. The number of carbonyl (C=O) groups excluding carboxylic acids is 3. The maximum absolute atomic E-state index is 12.8. The van der Waals surface area contributed by atoms with Gasteiger partial charge in [-0.3, -0.25) is 14.4 Å². The Morgan fingerprint density at radius 1 is 0.333 bits per heavy atom. The minimum absolute atomic E-state index is 0.0724. The summed E-state index contributed by atoms with van der Waals surface area (Å²) >= 11 is 0. The average molecular weight is 845 g/mol. The van der Waals surface area contributed by atoms with E-state index >= 15 is 0 Å². The van der Waals surface area contributed by atoms with Gasteiger partial charge in [-0.2, -0.15) is 0 Å². The number of allylic oxidation sites excluding steroid dienone is 4. The molecule has 0 spiro atoms. The monoisotopic (exact) mass is 845 g/mol. The van der Waals surface area contributed by atoms with Crippen molar-refractivity contribution >= 4 is 17.9 Å². The van der Waals surface area contributed by atoms with Crippen molar-refractivity contribution in [3.63, 3.8) is 0 Å². The first-order valence-electron chi connectivity index (χ1n) is 26.3. The van der Waals surface area contributed by atoms with Gasteiger partial charge < -0.3 is 14.2 Å². The third kappa shape index (κ3) is 46.9. The van der Waals surface area contributed by atoms with Crippen LogP contribution in [0, 0.1) is 0 Å². The maximum Gasteiger partial charge on any atom is 0.306 e. The molecule has 0 amide bonds. The molecule has 6 heteroatoms. The van der Waals surface area contributed by atoms with Crippen molar-refractivity contribution in [3.05, 3.63) is 24.3 Å². The van der Waals surface area contributed by atoms with Gasteiger partial charge in [0, 0.05) is 19.3 Å². The van der Waals surface area contributed by atoms with Gasteiger partial charge in [0.25, 0.3) is 0 Å². The highest BCUT2D eigenvalue weighted by molar-refractivity contribution is 5.71. The van der Waals surface area contributed by atoms with Gasteiger partial charge in [-0.15, -0.1) is 0 Å². The fraction of sp³-hybridized carbons (Fsp3) is 0.870. The van der Waals surface area contributed by atoms with E-state index in [0.29, 0.717) is 19.3 Å². The van der Waals surface area contributed by atoms with Crippen molar-refractivity contribution in [1.29, 1.82) is 0 Å². The van der Waals surface area contributed by atoms with Crippen LogP contribution >= 0.6 is 0 Å². The van der Waals surface area contributed by atoms with Crippen molar-refractivity contribution in [1.82, 2.24) is 0 Å². The molecule has 0 aliphatic rings. The zero-order chi connectivity index (χ0) is 43.7. The molecule has 0 heterocycles. The summed E-state index contributed by atoms with van der Waals surface area (Å²) < 4.78 is 16.8. The lowest BCUT2D eigenvalue weighted by Gasteiger charge is -2.18. The zero-order valence-electron chi connectivity index (χ0n) is 40.2. The van der Waals surface area contributed by atoms with Crippen LogP contribution < -0.4 is 0 Å². The molecule has 0 aromatic rings. The molecule has 0 fully saturated rings. The van der Waals surface area contributed by atoms with E-state index in [1.54, 1.807) is 0 Å². The zero-order valence-corrected chi connectivity index (χ0v) is 40.2. The first kappa shape index (κ1) is 57.9. The Labute approximate surface area is 373 Å². The minimum atomic E-state index is -0.771. The normalized spacial score (nSPS) is 12.1. The second-order valence-electron chi connectivity index (χ2n) is 17.8. The van der Waals surface area contributed by atoms with E-state index in [0.717, 1.165) is 83.5 Å². The summed E-state index contributed by atoms with van der Waals surface area (Å²) in [6, 6.07) is 0. The molecule has 0 aromatic heterocycles. The molecule has 1 atom stereocenters. The van der Waals surface area contributed by atoms with Crippen LogP contribution in [-0.2, 0) is 28.6 Å². The van der Waals surface area contributed by atoms with Gasteiger partial charge in [0.05, 0.1) is 0 Å². The molecule has 0 aliphatic heterocycles. The molecule has 0 aliphatic carbocycles. The number of carbonyl (C=O) groups is 3. The van der Waals surface area contributed by atoms with Crippen LogP contribution in [-0.4, -0.2) is 37.2 Å². The molecule has 0 saturated carbocycles. The van der Waals surface area contributed by atoms with Crippen molar-refractivity contribution < 1.29 is 28.6 Å². The van der Waals surface area contributed by atoms with E-state index in [1.807, 2.05) is 0 Å². The van der Waals surface area contributed by atoms with Crippen molar-refractivity contribution in [3.8, 4) is 0 Å². The van der Waals surface area contributed by atoms with Crippen molar-refractivity contribution in [2.24, 2.45) is 0 Å². The molecule has 0 bridgehead atoms. The summed E-state index contributed by atoms with van der Waals surface area (Å²) in [7, 11) is 0. The van der Waals surface area contributed by atoms with Crippen LogP contribution in [0.4, 0.5) is 0 Å². The standard InChI is InChI=1S/C54H100O6/c1-4-7-10-13-16-19-21-23-25-26-27-28-29-31-32-35-38-41-44-47-53(56)59-50-51(49-58-52(55)46-43-40-37-34-18-15-12-9-6-3)60-54(57)48-45-42-39-36-33-30-24-22-20-17-14-11-8-5-2/h14,17,22,24,51H,4-13,15-16,18-21,23,25-50H2,1-3H3/b17-14-,24-22-/t51-/m1/s1. The van der Waals surface area contributed by atoms with Crippen LogP contribution in [0.25, 0.3) is 0 Å². The highest BCUT2D eigenvalue weighted by Gasteiger charge is 2.19. The predicted octanol–water partition coefficient (Wildman–Crippen LogP) is 17.2. The smallest absolute Gasteiger partial charge is 0.306 e. The van der Waals surface area contributed by atoms with E-state index in [1.165, 1.54) is 161 Å². The van der Waals surface area contributed by atoms with E-state index in [9.17, 15) is 14.4 Å². The molecule has 0 saturated heterocycles. The molecule has 0 rings (SSSR count). The van der Waals surface area contributed by atoms with Gasteiger partial charge in [-0.05, 0) is 44.9 Å². The molecule has 0 radical (unpaired) electrons. The summed E-state index contributed by atoms with van der Waals surface area (Å²) in [5, 5.41) is 0. The van der Waals surface area contributed by atoms with Gasteiger partial charge >= 0.3 is 17.9 Å². The second-order valence-corrected chi connectivity index (χ2v) is 17.8.